The van der Waals surface area contributed by atoms with Crippen molar-refractivity contribution in [3.05, 3.63) is 60.2 Å². The van der Waals surface area contributed by atoms with Crippen molar-refractivity contribution < 1.29 is 19.3 Å². The van der Waals surface area contributed by atoms with Gasteiger partial charge in [0.1, 0.15) is 35.9 Å². The molecule has 5 nitrogen and oxygen atoms in total. The first-order valence-electron chi connectivity index (χ1n) is 10.1. The Bertz CT molecular complexity index is 764. The maximum absolute atomic E-state index is 10.4. The number of nitrogens with zero attached hydrogens (tertiary/aromatic N) is 1. The van der Waals surface area contributed by atoms with Gasteiger partial charge in [-0.3, -0.25) is 0 Å². The predicted molar refractivity (Wildman–Crippen MR) is 115 cm³/mol. The summed E-state index contributed by atoms with van der Waals surface area (Å²) >= 11 is 0. The molecule has 29 heavy (non-hydrogen) atoms. The lowest BCUT2D eigenvalue weighted by molar-refractivity contribution is -0.138. The molecule has 0 saturated carbocycles. The maximum atomic E-state index is 10.4. The summed E-state index contributed by atoms with van der Waals surface area (Å²) < 4.78 is 18.3. The lowest BCUT2D eigenvalue weighted by Crippen LogP contribution is -2.54. The van der Waals surface area contributed by atoms with Crippen LogP contribution in [0.1, 0.15) is 25.3 Å². The highest BCUT2D eigenvalue weighted by atomic mass is 35.5. The lowest BCUT2D eigenvalue weighted by atomic mass is 9.86. The van der Waals surface area contributed by atoms with Crippen LogP contribution in [0.25, 0.3) is 0 Å². The van der Waals surface area contributed by atoms with Gasteiger partial charge in [-0.2, -0.15) is 0 Å². The van der Waals surface area contributed by atoms with Gasteiger partial charge in [0.05, 0.1) is 6.61 Å². The fourth-order valence-corrected chi connectivity index (χ4v) is 4.10. The molecule has 2 heterocycles. The Morgan fingerprint density at radius 3 is 2.55 bits per heavy atom. The van der Waals surface area contributed by atoms with E-state index in [1.54, 1.807) is 0 Å². The van der Waals surface area contributed by atoms with E-state index in [-0.39, 0.29) is 24.1 Å². The van der Waals surface area contributed by atoms with Gasteiger partial charge >= 0.3 is 0 Å². The molecular formula is C23H30ClNO4. The van der Waals surface area contributed by atoms with Gasteiger partial charge in [0.25, 0.3) is 0 Å². The van der Waals surface area contributed by atoms with Crippen LogP contribution in [0.15, 0.2) is 54.6 Å². The van der Waals surface area contributed by atoms with Gasteiger partial charge < -0.3 is 24.2 Å². The minimum Gasteiger partial charge on any atom is -0.491 e. The summed E-state index contributed by atoms with van der Waals surface area (Å²) in [7, 11) is 0. The van der Waals surface area contributed by atoms with E-state index in [1.165, 1.54) is 0 Å². The van der Waals surface area contributed by atoms with Crippen molar-refractivity contribution in [2.75, 3.05) is 26.2 Å². The molecule has 1 fully saturated rings. The number of piperidine rings is 1. The molecule has 6 heteroatoms. The van der Waals surface area contributed by atoms with E-state index in [2.05, 4.69) is 17.9 Å². The highest BCUT2D eigenvalue weighted by Crippen LogP contribution is 2.37. The van der Waals surface area contributed by atoms with Gasteiger partial charge in [-0.1, -0.05) is 36.4 Å². The number of likely N-dealkylation sites (tertiary alicyclic amines) is 1. The molecule has 0 bridgehead atoms. The third-order valence-corrected chi connectivity index (χ3v) is 5.89. The number of para-hydroxylation sites is 2. The first-order chi connectivity index (χ1) is 13.6. The van der Waals surface area contributed by atoms with E-state index in [1.807, 2.05) is 48.5 Å². The average molecular weight is 420 g/mol. The second kappa shape index (κ2) is 9.81. The van der Waals surface area contributed by atoms with Gasteiger partial charge in [0.2, 0.25) is 0 Å². The molecule has 2 aliphatic rings. The lowest BCUT2D eigenvalue weighted by Gasteiger charge is -2.44. The van der Waals surface area contributed by atoms with E-state index in [0.29, 0.717) is 19.8 Å². The normalized spacial score (nSPS) is 21.9. The van der Waals surface area contributed by atoms with Crippen molar-refractivity contribution in [1.82, 2.24) is 4.90 Å². The Hall–Kier alpha value is -1.79. The first kappa shape index (κ1) is 21.9. The van der Waals surface area contributed by atoms with Crippen molar-refractivity contribution in [2.45, 2.75) is 44.2 Å². The van der Waals surface area contributed by atoms with Gasteiger partial charge in [-0.05, 0) is 38.0 Å². The third kappa shape index (κ3) is 5.23. The number of hydrogen-bond acceptors (Lipinski definition) is 5. The molecule has 2 atom stereocenters. The molecule has 158 valence electrons. The topological polar surface area (TPSA) is 51.2 Å². The SMILES string of the molecule is CC1Oc2ccccc2COC12CCN(CC(O)COc1ccccc1)CC2.Cl. The van der Waals surface area contributed by atoms with E-state index >= 15 is 0 Å². The van der Waals surface area contributed by atoms with Crippen LogP contribution >= 0.6 is 12.4 Å². The van der Waals surface area contributed by atoms with Gasteiger partial charge in [-0.25, -0.2) is 0 Å². The zero-order chi connectivity index (χ0) is 19.4. The van der Waals surface area contributed by atoms with Crippen LogP contribution in [0.5, 0.6) is 11.5 Å². The molecule has 4 rings (SSSR count). The fraction of sp³-hybridized carbons (Fsp3) is 0.478. The summed E-state index contributed by atoms with van der Waals surface area (Å²) in [5, 5.41) is 10.4. The first-order valence-corrected chi connectivity index (χ1v) is 10.1. The van der Waals surface area contributed by atoms with Crippen molar-refractivity contribution in [3.8, 4) is 11.5 Å². The Morgan fingerprint density at radius 2 is 1.79 bits per heavy atom. The second-order valence-electron chi connectivity index (χ2n) is 7.80. The second-order valence-corrected chi connectivity index (χ2v) is 7.80. The van der Waals surface area contributed by atoms with Gasteiger partial charge in [0, 0.05) is 25.2 Å². The predicted octanol–water partition coefficient (Wildman–Crippen LogP) is 3.68. The van der Waals surface area contributed by atoms with Crippen molar-refractivity contribution in [2.24, 2.45) is 0 Å². The van der Waals surface area contributed by atoms with E-state index in [9.17, 15) is 5.11 Å². The Kier molecular flexibility index (Phi) is 7.41. The average Bonchev–Trinajstić information content (AvgIpc) is 2.86. The van der Waals surface area contributed by atoms with Crippen molar-refractivity contribution >= 4 is 12.4 Å². The van der Waals surface area contributed by atoms with Gasteiger partial charge in [-0.15, -0.1) is 12.4 Å². The Morgan fingerprint density at radius 1 is 1.10 bits per heavy atom. The molecule has 1 saturated heterocycles. The standard InChI is InChI=1S/C23H29NO4.ClH/c1-18-23(27-16-19-7-5-6-10-22(19)28-18)11-13-24(14-12-23)15-20(25)17-26-21-8-3-2-4-9-21;/h2-10,18,20,25H,11-17H2,1H3;1H. The van der Waals surface area contributed by atoms with Crippen LogP contribution in [0.2, 0.25) is 0 Å². The van der Waals surface area contributed by atoms with Crippen LogP contribution in [-0.2, 0) is 11.3 Å². The molecule has 2 aliphatic heterocycles. The molecule has 0 radical (unpaired) electrons. The van der Waals surface area contributed by atoms with E-state index in [0.717, 1.165) is 43.0 Å². The number of benzene rings is 2. The van der Waals surface area contributed by atoms with E-state index in [4.69, 9.17) is 14.2 Å². The van der Waals surface area contributed by atoms with Crippen molar-refractivity contribution in [1.29, 1.82) is 0 Å². The summed E-state index contributed by atoms with van der Waals surface area (Å²) in [6, 6.07) is 17.7. The molecule has 0 aromatic heterocycles. The number of aliphatic hydroxyl groups is 1. The van der Waals surface area contributed by atoms with Crippen LogP contribution < -0.4 is 9.47 Å². The third-order valence-electron chi connectivity index (χ3n) is 5.89. The zero-order valence-electron chi connectivity index (χ0n) is 16.8. The minimum absolute atomic E-state index is 0. The van der Waals surface area contributed by atoms with Crippen LogP contribution in [0, 0.1) is 0 Å². The minimum atomic E-state index is -0.512. The van der Waals surface area contributed by atoms with Crippen LogP contribution in [-0.4, -0.2) is 54.1 Å². The summed E-state index contributed by atoms with van der Waals surface area (Å²) in [6.45, 7) is 5.38. The fourth-order valence-electron chi connectivity index (χ4n) is 4.10. The van der Waals surface area contributed by atoms with Gasteiger partial charge in [0.15, 0.2) is 0 Å². The summed E-state index contributed by atoms with van der Waals surface area (Å²) in [5.74, 6) is 1.72. The molecule has 0 aliphatic carbocycles. The number of hydrogen-bond donors (Lipinski definition) is 1. The summed E-state index contributed by atoms with van der Waals surface area (Å²) in [6.07, 6.45) is 1.29. The molecule has 2 aromatic rings. The smallest absolute Gasteiger partial charge is 0.125 e. The highest BCUT2D eigenvalue weighted by molar-refractivity contribution is 5.85. The molecule has 2 unspecified atom stereocenters. The maximum Gasteiger partial charge on any atom is 0.125 e. The largest absolute Gasteiger partial charge is 0.491 e. The highest BCUT2D eigenvalue weighted by Gasteiger charge is 2.43. The molecule has 0 amide bonds. The number of ether oxygens (including phenoxy) is 3. The molecular weight excluding hydrogens is 390 g/mol. The molecule has 1 N–H and O–H groups in total. The Balaban J connectivity index is 0.00000240. The summed E-state index contributed by atoms with van der Waals surface area (Å²) in [4.78, 5) is 2.29. The number of β-amino-alcohol motifs (C(OH)–C–C–N with tert-alkyl or cyclic N) is 1. The number of fused-ring (bicyclic) bond motifs is 1. The number of rotatable bonds is 5. The van der Waals surface area contributed by atoms with Crippen molar-refractivity contribution in [3.63, 3.8) is 0 Å². The number of halogens is 1. The molecule has 2 aromatic carbocycles. The summed E-state index contributed by atoms with van der Waals surface area (Å²) in [5.41, 5.74) is 0.850. The van der Waals surface area contributed by atoms with E-state index < -0.39 is 6.10 Å². The zero-order valence-corrected chi connectivity index (χ0v) is 17.6. The van der Waals surface area contributed by atoms with Crippen LogP contribution in [0.3, 0.4) is 0 Å². The number of aliphatic hydroxyl groups excluding tert-OH is 1. The van der Waals surface area contributed by atoms with Crippen LogP contribution in [0.4, 0.5) is 0 Å². The Labute approximate surface area is 179 Å². The monoisotopic (exact) mass is 419 g/mol. The quantitative estimate of drug-likeness (QED) is 0.801. The molecule has 1 spiro atoms.